The predicted molar refractivity (Wildman–Crippen MR) is 86.7 cm³/mol. The van der Waals surface area contributed by atoms with Crippen molar-refractivity contribution in [2.75, 3.05) is 33.3 Å². The number of rotatable bonds is 4. The van der Waals surface area contributed by atoms with E-state index in [-0.39, 0.29) is 12.0 Å². The van der Waals surface area contributed by atoms with Crippen molar-refractivity contribution in [2.45, 2.75) is 31.8 Å². The van der Waals surface area contributed by atoms with Crippen molar-refractivity contribution in [2.24, 2.45) is 5.92 Å². The first-order valence-electron chi connectivity index (χ1n) is 8.39. The number of hydrogen-bond acceptors (Lipinski definition) is 3. The Kier molecular flexibility index (Phi) is 5.11. The molecule has 2 atom stereocenters. The normalized spacial score (nSPS) is 24.9. The number of nitrogens with one attached hydrogen (secondary N) is 1. The maximum atomic E-state index is 12.7. The first-order valence-corrected chi connectivity index (χ1v) is 8.39. The molecule has 0 saturated carbocycles. The molecule has 2 aliphatic heterocycles. The number of carbonyl (C=O) groups is 1. The molecular formula is C18H26N2O2. The number of ether oxygens (including phenoxy) is 1. The summed E-state index contributed by atoms with van der Waals surface area (Å²) >= 11 is 0. The van der Waals surface area contributed by atoms with Gasteiger partial charge in [0.05, 0.1) is 19.1 Å². The molecule has 0 unspecified atom stereocenters. The molecule has 120 valence electrons. The third-order valence-corrected chi connectivity index (χ3v) is 4.82. The van der Waals surface area contributed by atoms with E-state index in [4.69, 9.17) is 4.74 Å². The van der Waals surface area contributed by atoms with Crippen molar-refractivity contribution in [3.63, 3.8) is 0 Å². The Morgan fingerprint density at radius 2 is 2.27 bits per heavy atom. The zero-order chi connectivity index (χ0) is 15.4. The SMILES string of the molecule is CNC[C@@H]1CCCN(C(=O)C[C@H]2OCCc3ccccc32)C1. The summed E-state index contributed by atoms with van der Waals surface area (Å²) in [5, 5.41) is 3.23. The fourth-order valence-electron chi connectivity index (χ4n) is 3.68. The molecule has 0 spiro atoms. The molecule has 2 aliphatic rings. The van der Waals surface area contributed by atoms with Crippen LogP contribution in [0, 0.1) is 5.92 Å². The lowest BCUT2D eigenvalue weighted by Crippen LogP contribution is -2.43. The Bertz CT molecular complexity index is 516. The average Bonchev–Trinajstić information content (AvgIpc) is 2.56. The first-order chi connectivity index (χ1) is 10.8. The van der Waals surface area contributed by atoms with E-state index < -0.39 is 0 Å². The molecule has 4 heteroatoms. The van der Waals surface area contributed by atoms with Crippen molar-refractivity contribution in [3.05, 3.63) is 35.4 Å². The van der Waals surface area contributed by atoms with Crippen LogP contribution in [0.1, 0.15) is 36.5 Å². The number of carbonyl (C=O) groups excluding carboxylic acids is 1. The number of fused-ring (bicyclic) bond motifs is 1. The highest BCUT2D eigenvalue weighted by atomic mass is 16.5. The van der Waals surface area contributed by atoms with Gasteiger partial charge in [-0.1, -0.05) is 24.3 Å². The largest absolute Gasteiger partial charge is 0.373 e. The van der Waals surface area contributed by atoms with Crippen molar-refractivity contribution < 1.29 is 9.53 Å². The van der Waals surface area contributed by atoms with Crippen molar-refractivity contribution >= 4 is 5.91 Å². The van der Waals surface area contributed by atoms with E-state index in [1.165, 1.54) is 17.5 Å². The number of hydrogen-bond donors (Lipinski definition) is 1. The van der Waals surface area contributed by atoms with Gasteiger partial charge in [-0.05, 0) is 49.9 Å². The molecule has 1 aromatic carbocycles. The van der Waals surface area contributed by atoms with Gasteiger partial charge in [0.2, 0.25) is 5.91 Å². The molecule has 1 aromatic rings. The van der Waals surface area contributed by atoms with E-state index in [0.717, 1.165) is 39.1 Å². The van der Waals surface area contributed by atoms with Crippen LogP contribution in [-0.2, 0) is 16.0 Å². The van der Waals surface area contributed by atoms with Crippen LogP contribution in [0.3, 0.4) is 0 Å². The highest BCUT2D eigenvalue weighted by molar-refractivity contribution is 5.77. The van der Waals surface area contributed by atoms with E-state index >= 15 is 0 Å². The number of amides is 1. The lowest BCUT2D eigenvalue weighted by Gasteiger charge is -2.34. The van der Waals surface area contributed by atoms with E-state index in [0.29, 0.717) is 12.3 Å². The van der Waals surface area contributed by atoms with Gasteiger partial charge in [0.15, 0.2) is 0 Å². The minimum Gasteiger partial charge on any atom is -0.373 e. The zero-order valence-corrected chi connectivity index (χ0v) is 13.4. The second-order valence-electron chi connectivity index (χ2n) is 6.42. The molecule has 0 aromatic heterocycles. The standard InChI is InChI=1S/C18H26N2O2/c1-19-12-14-5-4-9-20(13-14)18(21)11-17-16-7-3-2-6-15(16)8-10-22-17/h2-3,6-7,14,17,19H,4-5,8-13H2,1H3/t14-,17+/m0/s1. The molecule has 1 N–H and O–H groups in total. The summed E-state index contributed by atoms with van der Waals surface area (Å²) in [6, 6.07) is 8.36. The van der Waals surface area contributed by atoms with Gasteiger partial charge < -0.3 is 15.0 Å². The molecule has 1 fully saturated rings. The lowest BCUT2D eigenvalue weighted by molar-refractivity contribution is -0.136. The first kappa shape index (κ1) is 15.5. The highest BCUT2D eigenvalue weighted by Gasteiger charge is 2.28. The molecule has 0 aliphatic carbocycles. The molecule has 1 saturated heterocycles. The van der Waals surface area contributed by atoms with Crippen molar-refractivity contribution in [1.29, 1.82) is 0 Å². The second-order valence-corrected chi connectivity index (χ2v) is 6.42. The third kappa shape index (κ3) is 3.50. The predicted octanol–water partition coefficient (Wildman–Crippen LogP) is 2.15. The van der Waals surface area contributed by atoms with Crippen LogP contribution in [-0.4, -0.2) is 44.1 Å². The molecule has 0 bridgehead atoms. The molecule has 4 nitrogen and oxygen atoms in total. The summed E-state index contributed by atoms with van der Waals surface area (Å²) < 4.78 is 5.88. The summed E-state index contributed by atoms with van der Waals surface area (Å²) in [6.45, 7) is 3.49. The smallest absolute Gasteiger partial charge is 0.225 e. The molecule has 1 amide bonds. The van der Waals surface area contributed by atoms with Crippen LogP contribution < -0.4 is 5.32 Å². The summed E-state index contributed by atoms with van der Waals surface area (Å²) in [4.78, 5) is 14.7. The van der Waals surface area contributed by atoms with Crippen LogP contribution in [0.15, 0.2) is 24.3 Å². The fourth-order valence-corrected chi connectivity index (χ4v) is 3.68. The van der Waals surface area contributed by atoms with Crippen molar-refractivity contribution in [3.8, 4) is 0 Å². The Morgan fingerprint density at radius 1 is 1.41 bits per heavy atom. The topological polar surface area (TPSA) is 41.6 Å². The Labute approximate surface area is 132 Å². The third-order valence-electron chi connectivity index (χ3n) is 4.82. The highest BCUT2D eigenvalue weighted by Crippen LogP contribution is 2.30. The van der Waals surface area contributed by atoms with Gasteiger partial charge in [-0.15, -0.1) is 0 Å². The fraction of sp³-hybridized carbons (Fsp3) is 0.611. The van der Waals surface area contributed by atoms with E-state index in [1.54, 1.807) is 0 Å². The lowest BCUT2D eigenvalue weighted by atomic mass is 9.94. The summed E-state index contributed by atoms with van der Waals surface area (Å²) in [5.41, 5.74) is 2.53. The summed E-state index contributed by atoms with van der Waals surface area (Å²) in [7, 11) is 1.98. The molecular weight excluding hydrogens is 276 g/mol. The number of benzene rings is 1. The Balaban J connectivity index is 1.62. The summed E-state index contributed by atoms with van der Waals surface area (Å²) in [5.74, 6) is 0.824. The van der Waals surface area contributed by atoms with Gasteiger partial charge in [0, 0.05) is 13.1 Å². The van der Waals surface area contributed by atoms with Gasteiger partial charge in [-0.2, -0.15) is 0 Å². The molecule has 2 heterocycles. The maximum absolute atomic E-state index is 12.7. The van der Waals surface area contributed by atoms with E-state index in [2.05, 4.69) is 23.5 Å². The maximum Gasteiger partial charge on any atom is 0.225 e. The second kappa shape index (κ2) is 7.25. The Morgan fingerprint density at radius 3 is 3.14 bits per heavy atom. The molecule has 0 radical (unpaired) electrons. The average molecular weight is 302 g/mol. The van der Waals surface area contributed by atoms with Crippen LogP contribution in [0.5, 0.6) is 0 Å². The van der Waals surface area contributed by atoms with E-state index in [9.17, 15) is 4.79 Å². The van der Waals surface area contributed by atoms with Gasteiger partial charge in [0.1, 0.15) is 0 Å². The van der Waals surface area contributed by atoms with Crippen LogP contribution in [0.2, 0.25) is 0 Å². The monoisotopic (exact) mass is 302 g/mol. The number of likely N-dealkylation sites (tertiary alicyclic amines) is 1. The molecule has 3 rings (SSSR count). The van der Waals surface area contributed by atoms with Gasteiger partial charge >= 0.3 is 0 Å². The quantitative estimate of drug-likeness (QED) is 0.926. The Hall–Kier alpha value is -1.39. The minimum atomic E-state index is -0.0675. The van der Waals surface area contributed by atoms with Crippen LogP contribution in [0.4, 0.5) is 0 Å². The minimum absolute atomic E-state index is 0.0675. The van der Waals surface area contributed by atoms with Crippen LogP contribution >= 0.6 is 0 Å². The molecule has 22 heavy (non-hydrogen) atoms. The van der Waals surface area contributed by atoms with Crippen molar-refractivity contribution in [1.82, 2.24) is 10.2 Å². The number of nitrogens with zero attached hydrogens (tertiary/aromatic N) is 1. The zero-order valence-electron chi connectivity index (χ0n) is 13.4. The van der Waals surface area contributed by atoms with Crippen LogP contribution in [0.25, 0.3) is 0 Å². The van der Waals surface area contributed by atoms with Gasteiger partial charge in [-0.3, -0.25) is 4.79 Å². The van der Waals surface area contributed by atoms with Gasteiger partial charge in [0.25, 0.3) is 0 Å². The van der Waals surface area contributed by atoms with Gasteiger partial charge in [-0.25, -0.2) is 0 Å². The number of piperidine rings is 1. The summed E-state index contributed by atoms with van der Waals surface area (Å²) in [6.07, 6.45) is 3.69. The van der Waals surface area contributed by atoms with E-state index in [1.807, 2.05) is 18.0 Å².